The Labute approximate surface area is 177 Å². The predicted molar refractivity (Wildman–Crippen MR) is 118 cm³/mol. The molecule has 0 bridgehead atoms. The van der Waals surface area contributed by atoms with Gasteiger partial charge in [0.2, 0.25) is 0 Å². The number of para-hydroxylation sites is 2. The number of hydrogen-bond acceptors (Lipinski definition) is 5. The first kappa shape index (κ1) is 19.5. The van der Waals surface area contributed by atoms with Gasteiger partial charge in [0, 0.05) is 19.6 Å². The summed E-state index contributed by atoms with van der Waals surface area (Å²) < 4.78 is 12.9. The highest BCUT2D eigenvalue weighted by molar-refractivity contribution is 5.74. The summed E-state index contributed by atoms with van der Waals surface area (Å²) in [5, 5.41) is 3.36. The number of rotatable bonds is 6. The third-order valence-electron chi connectivity index (χ3n) is 6.13. The second-order valence-corrected chi connectivity index (χ2v) is 8.46. The van der Waals surface area contributed by atoms with E-state index in [0.29, 0.717) is 0 Å². The first-order chi connectivity index (χ1) is 14.7. The second kappa shape index (κ2) is 8.76. The van der Waals surface area contributed by atoms with E-state index in [9.17, 15) is 0 Å². The van der Waals surface area contributed by atoms with E-state index >= 15 is 0 Å². The number of aromatic nitrogens is 2. The summed E-state index contributed by atoms with van der Waals surface area (Å²) in [7, 11) is 2.17. The zero-order chi connectivity index (χ0) is 20.3. The Kier molecular flexibility index (Phi) is 5.71. The summed E-state index contributed by atoms with van der Waals surface area (Å²) in [6.45, 7) is 4.05. The molecule has 6 heteroatoms. The van der Waals surface area contributed by atoms with Crippen LogP contribution in [0.3, 0.4) is 0 Å². The number of imidazole rings is 1. The van der Waals surface area contributed by atoms with Gasteiger partial charge in [0.05, 0.1) is 17.1 Å². The normalized spacial score (nSPS) is 21.8. The molecule has 0 amide bonds. The van der Waals surface area contributed by atoms with E-state index in [1.807, 2.05) is 24.3 Å². The van der Waals surface area contributed by atoms with Gasteiger partial charge in [-0.2, -0.15) is 0 Å². The molecule has 2 unspecified atom stereocenters. The van der Waals surface area contributed by atoms with Crippen LogP contribution in [-0.4, -0.2) is 60.3 Å². The first-order valence-electron chi connectivity index (χ1n) is 11.0. The molecule has 2 aromatic carbocycles. The van der Waals surface area contributed by atoms with Crippen LogP contribution in [0.1, 0.15) is 36.8 Å². The Morgan fingerprint density at radius 1 is 1.03 bits per heavy atom. The Balaban J connectivity index is 1.44. The van der Waals surface area contributed by atoms with Gasteiger partial charge in [-0.05, 0) is 62.7 Å². The SMILES string of the molecule is CN1CCC(OC(c2cccc(OC3CCNC3)c2)c2nc3ccccc3[nH]2)CC1. The fourth-order valence-corrected chi connectivity index (χ4v) is 4.38. The maximum Gasteiger partial charge on any atom is 0.141 e. The molecule has 2 aliphatic heterocycles. The largest absolute Gasteiger partial charge is 0.489 e. The fourth-order valence-electron chi connectivity index (χ4n) is 4.38. The Morgan fingerprint density at radius 2 is 1.90 bits per heavy atom. The highest BCUT2D eigenvalue weighted by Crippen LogP contribution is 2.32. The van der Waals surface area contributed by atoms with E-state index in [4.69, 9.17) is 14.5 Å². The van der Waals surface area contributed by atoms with E-state index in [0.717, 1.165) is 73.6 Å². The van der Waals surface area contributed by atoms with Crippen LogP contribution < -0.4 is 10.1 Å². The van der Waals surface area contributed by atoms with Gasteiger partial charge in [0.15, 0.2) is 0 Å². The van der Waals surface area contributed by atoms with Crippen molar-refractivity contribution >= 4 is 11.0 Å². The van der Waals surface area contributed by atoms with Crippen molar-refractivity contribution in [3.05, 3.63) is 59.9 Å². The minimum atomic E-state index is -0.240. The van der Waals surface area contributed by atoms with Crippen LogP contribution in [-0.2, 0) is 4.74 Å². The second-order valence-electron chi connectivity index (χ2n) is 8.46. The molecule has 0 aliphatic carbocycles. The van der Waals surface area contributed by atoms with Gasteiger partial charge in [0.25, 0.3) is 0 Å². The highest BCUT2D eigenvalue weighted by atomic mass is 16.5. The number of H-pyrrole nitrogens is 1. The first-order valence-corrected chi connectivity index (χ1v) is 11.0. The summed E-state index contributed by atoms with van der Waals surface area (Å²) in [5.41, 5.74) is 3.08. The van der Waals surface area contributed by atoms with E-state index < -0.39 is 0 Å². The van der Waals surface area contributed by atoms with Gasteiger partial charge in [-0.3, -0.25) is 0 Å². The Bertz CT molecular complexity index is 941. The molecule has 2 N–H and O–H groups in total. The molecule has 0 saturated carbocycles. The molecule has 3 aromatic rings. The average molecular weight is 407 g/mol. The minimum absolute atomic E-state index is 0.225. The number of hydrogen-bond donors (Lipinski definition) is 2. The van der Waals surface area contributed by atoms with Crippen LogP contribution in [0.15, 0.2) is 48.5 Å². The van der Waals surface area contributed by atoms with E-state index in [1.54, 1.807) is 0 Å². The molecule has 1 aromatic heterocycles. The zero-order valence-corrected chi connectivity index (χ0v) is 17.5. The predicted octanol–water partition coefficient (Wildman–Crippen LogP) is 3.50. The lowest BCUT2D eigenvalue weighted by molar-refractivity contribution is -0.0265. The van der Waals surface area contributed by atoms with Crippen LogP contribution in [0.4, 0.5) is 0 Å². The van der Waals surface area contributed by atoms with Crippen molar-refractivity contribution in [1.29, 1.82) is 0 Å². The van der Waals surface area contributed by atoms with Gasteiger partial charge < -0.3 is 24.7 Å². The molecular weight excluding hydrogens is 376 g/mol. The summed E-state index contributed by atoms with van der Waals surface area (Å²) >= 11 is 0. The lowest BCUT2D eigenvalue weighted by Crippen LogP contribution is -2.35. The van der Waals surface area contributed by atoms with Crippen LogP contribution in [0.5, 0.6) is 5.75 Å². The van der Waals surface area contributed by atoms with Crippen molar-refractivity contribution in [2.75, 3.05) is 33.2 Å². The van der Waals surface area contributed by atoms with E-state index in [2.05, 4.69) is 46.5 Å². The van der Waals surface area contributed by atoms with Gasteiger partial charge in [-0.15, -0.1) is 0 Å². The number of nitrogens with one attached hydrogen (secondary N) is 2. The molecule has 158 valence electrons. The van der Waals surface area contributed by atoms with Crippen molar-refractivity contribution in [3.8, 4) is 5.75 Å². The molecule has 30 heavy (non-hydrogen) atoms. The zero-order valence-electron chi connectivity index (χ0n) is 17.5. The Hall–Kier alpha value is -2.41. The minimum Gasteiger partial charge on any atom is -0.489 e. The summed E-state index contributed by atoms with van der Waals surface area (Å²) in [5.74, 6) is 1.75. The van der Waals surface area contributed by atoms with Crippen LogP contribution in [0.2, 0.25) is 0 Å². The number of nitrogens with zero attached hydrogens (tertiary/aromatic N) is 2. The molecule has 2 saturated heterocycles. The standard InChI is InChI=1S/C24H30N4O2/c1-28-13-10-18(11-14-28)30-23(24-26-21-7-2-3-8-22(21)27-24)17-5-4-6-19(15-17)29-20-9-12-25-16-20/h2-8,15,18,20,23,25H,9-14,16H2,1H3,(H,26,27). The third kappa shape index (κ3) is 4.36. The van der Waals surface area contributed by atoms with Crippen molar-refractivity contribution in [1.82, 2.24) is 20.2 Å². The summed E-state index contributed by atoms with van der Waals surface area (Å²) in [4.78, 5) is 10.7. The van der Waals surface area contributed by atoms with Gasteiger partial charge in [0.1, 0.15) is 23.8 Å². The molecule has 6 nitrogen and oxygen atoms in total. The molecule has 3 heterocycles. The molecule has 2 fully saturated rings. The lowest BCUT2D eigenvalue weighted by Gasteiger charge is -2.31. The van der Waals surface area contributed by atoms with Gasteiger partial charge in [-0.1, -0.05) is 24.3 Å². The summed E-state index contributed by atoms with van der Waals surface area (Å²) in [6, 6.07) is 16.5. The van der Waals surface area contributed by atoms with Crippen LogP contribution in [0.25, 0.3) is 11.0 Å². The maximum absolute atomic E-state index is 6.68. The van der Waals surface area contributed by atoms with Crippen LogP contribution >= 0.6 is 0 Å². The molecule has 2 atom stereocenters. The molecule has 0 spiro atoms. The van der Waals surface area contributed by atoms with E-state index in [1.165, 1.54) is 0 Å². The topological polar surface area (TPSA) is 62.4 Å². The molecule has 5 rings (SSSR count). The monoisotopic (exact) mass is 406 g/mol. The smallest absolute Gasteiger partial charge is 0.141 e. The lowest BCUT2D eigenvalue weighted by atomic mass is 10.1. The van der Waals surface area contributed by atoms with Gasteiger partial charge in [-0.25, -0.2) is 4.98 Å². The van der Waals surface area contributed by atoms with Crippen molar-refractivity contribution in [2.45, 2.75) is 37.6 Å². The number of ether oxygens (including phenoxy) is 2. The number of likely N-dealkylation sites (tertiary alicyclic amines) is 1. The number of fused-ring (bicyclic) bond motifs is 1. The maximum atomic E-state index is 6.68. The van der Waals surface area contributed by atoms with Crippen molar-refractivity contribution in [3.63, 3.8) is 0 Å². The van der Waals surface area contributed by atoms with E-state index in [-0.39, 0.29) is 18.3 Å². The van der Waals surface area contributed by atoms with Crippen molar-refractivity contribution < 1.29 is 9.47 Å². The Morgan fingerprint density at radius 3 is 2.70 bits per heavy atom. The third-order valence-corrected chi connectivity index (χ3v) is 6.13. The molecule has 2 aliphatic rings. The number of benzene rings is 2. The highest BCUT2D eigenvalue weighted by Gasteiger charge is 2.26. The van der Waals surface area contributed by atoms with Crippen molar-refractivity contribution in [2.24, 2.45) is 0 Å². The fraction of sp³-hybridized carbons (Fsp3) is 0.458. The molecular formula is C24H30N4O2. The van der Waals surface area contributed by atoms with Gasteiger partial charge >= 0.3 is 0 Å². The molecule has 0 radical (unpaired) electrons. The quantitative estimate of drug-likeness (QED) is 0.656. The van der Waals surface area contributed by atoms with Crippen LogP contribution in [0, 0.1) is 0 Å². The average Bonchev–Trinajstić information content (AvgIpc) is 3.43. The number of aromatic amines is 1. The number of piperidine rings is 1. The summed E-state index contributed by atoms with van der Waals surface area (Å²) in [6.07, 6.45) is 3.34.